The van der Waals surface area contributed by atoms with Gasteiger partial charge in [0.15, 0.2) is 0 Å². The van der Waals surface area contributed by atoms with Gasteiger partial charge in [0, 0.05) is 11.4 Å². The average Bonchev–Trinajstić information content (AvgIpc) is 2.61. The molecule has 0 amide bonds. The van der Waals surface area contributed by atoms with E-state index in [1.807, 2.05) is 0 Å². The zero-order valence-electron chi connectivity index (χ0n) is 8.40. The SMILES string of the molecule is O=C(O)C1=NN(c2ccc(Cl)cc2Cl)C(Br)C1. The van der Waals surface area contributed by atoms with Crippen molar-refractivity contribution in [2.75, 3.05) is 5.01 Å². The molecule has 1 aliphatic heterocycles. The van der Waals surface area contributed by atoms with Crippen molar-refractivity contribution >= 4 is 56.5 Å². The molecule has 0 bridgehead atoms. The van der Waals surface area contributed by atoms with Gasteiger partial charge < -0.3 is 5.11 Å². The van der Waals surface area contributed by atoms with E-state index in [0.29, 0.717) is 22.2 Å². The molecular weight excluding hydrogens is 331 g/mol. The maximum absolute atomic E-state index is 10.8. The molecule has 1 N–H and O–H groups in total. The van der Waals surface area contributed by atoms with E-state index in [-0.39, 0.29) is 10.7 Å². The van der Waals surface area contributed by atoms with Gasteiger partial charge in [0.1, 0.15) is 10.7 Å². The van der Waals surface area contributed by atoms with E-state index in [2.05, 4.69) is 21.0 Å². The predicted octanol–water partition coefficient (Wildman–Crippen LogP) is 3.37. The number of hydrogen-bond donors (Lipinski definition) is 1. The molecule has 1 heterocycles. The Morgan fingerprint density at radius 3 is 2.76 bits per heavy atom. The molecule has 0 fully saturated rings. The highest BCUT2D eigenvalue weighted by Crippen LogP contribution is 2.34. The van der Waals surface area contributed by atoms with Crippen molar-refractivity contribution in [2.45, 2.75) is 11.4 Å². The van der Waals surface area contributed by atoms with Crippen molar-refractivity contribution in [3.8, 4) is 0 Å². The molecule has 0 spiro atoms. The first-order valence-electron chi connectivity index (χ1n) is 4.68. The Balaban J connectivity index is 2.37. The normalized spacial score (nSPS) is 19.4. The molecule has 1 atom stereocenters. The third kappa shape index (κ3) is 2.56. The number of aliphatic carboxylic acids is 1. The number of halogens is 3. The second-order valence-corrected chi connectivity index (χ2v) is 5.33. The van der Waals surface area contributed by atoms with Gasteiger partial charge in [0.25, 0.3) is 0 Å². The maximum atomic E-state index is 10.8. The Kier molecular flexibility index (Phi) is 3.61. The second kappa shape index (κ2) is 4.84. The molecule has 4 nitrogen and oxygen atoms in total. The van der Waals surface area contributed by atoms with Crippen LogP contribution < -0.4 is 5.01 Å². The highest BCUT2D eigenvalue weighted by molar-refractivity contribution is 9.09. The van der Waals surface area contributed by atoms with Crippen LogP contribution in [0, 0.1) is 0 Å². The summed E-state index contributed by atoms with van der Waals surface area (Å²) >= 11 is 15.2. The summed E-state index contributed by atoms with van der Waals surface area (Å²) in [5, 5.41) is 15.4. The van der Waals surface area contributed by atoms with Crippen LogP contribution in [0.25, 0.3) is 0 Å². The number of anilines is 1. The Morgan fingerprint density at radius 1 is 1.53 bits per heavy atom. The molecule has 1 aliphatic rings. The molecule has 1 aromatic rings. The number of alkyl halides is 1. The number of carbonyl (C=O) groups is 1. The molecule has 1 unspecified atom stereocenters. The number of carboxylic acid groups (broad SMARTS) is 1. The van der Waals surface area contributed by atoms with Crippen LogP contribution in [-0.4, -0.2) is 21.7 Å². The van der Waals surface area contributed by atoms with Gasteiger partial charge in [-0.2, -0.15) is 5.10 Å². The minimum Gasteiger partial charge on any atom is -0.477 e. The van der Waals surface area contributed by atoms with Crippen molar-refractivity contribution < 1.29 is 9.90 Å². The number of benzene rings is 1. The zero-order valence-corrected chi connectivity index (χ0v) is 11.5. The van der Waals surface area contributed by atoms with Crippen molar-refractivity contribution in [3.05, 3.63) is 28.2 Å². The fraction of sp³-hybridized carbons (Fsp3) is 0.200. The van der Waals surface area contributed by atoms with Gasteiger partial charge in [-0.3, -0.25) is 0 Å². The van der Waals surface area contributed by atoms with Gasteiger partial charge in [0.05, 0.1) is 10.7 Å². The lowest BCUT2D eigenvalue weighted by Crippen LogP contribution is -2.20. The second-order valence-electron chi connectivity index (χ2n) is 3.43. The molecule has 17 heavy (non-hydrogen) atoms. The largest absolute Gasteiger partial charge is 0.477 e. The van der Waals surface area contributed by atoms with Crippen LogP contribution in [0.2, 0.25) is 10.0 Å². The smallest absolute Gasteiger partial charge is 0.352 e. The lowest BCUT2D eigenvalue weighted by Gasteiger charge is -2.19. The summed E-state index contributed by atoms with van der Waals surface area (Å²) < 4.78 is 0. The van der Waals surface area contributed by atoms with E-state index in [1.165, 1.54) is 5.01 Å². The van der Waals surface area contributed by atoms with E-state index in [9.17, 15) is 4.79 Å². The zero-order chi connectivity index (χ0) is 12.6. The Hall–Kier alpha value is -0.780. The molecule has 2 rings (SSSR count). The lowest BCUT2D eigenvalue weighted by molar-refractivity contribution is -0.129. The summed E-state index contributed by atoms with van der Waals surface area (Å²) in [6.45, 7) is 0. The molecule has 0 aromatic heterocycles. The number of hydrazone groups is 1. The van der Waals surface area contributed by atoms with Crippen LogP contribution in [0.15, 0.2) is 23.3 Å². The van der Waals surface area contributed by atoms with Gasteiger partial charge in [-0.15, -0.1) is 0 Å². The fourth-order valence-corrected chi connectivity index (χ4v) is 2.60. The monoisotopic (exact) mass is 336 g/mol. The molecule has 0 radical (unpaired) electrons. The molecule has 0 saturated carbocycles. The third-order valence-corrected chi connectivity index (χ3v) is 3.51. The summed E-state index contributed by atoms with van der Waals surface area (Å²) in [5.41, 5.74) is 0.715. The highest BCUT2D eigenvalue weighted by atomic mass is 79.9. The number of nitrogens with zero attached hydrogens (tertiary/aromatic N) is 2. The number of rotatable bonds is 2. The quantitative estimate of drug-likeness (QED) is 0.665. The Labute approximate surface area is 116 Å². The van der Waals surface area contributed by atoms with Crippen molar-refractivity contribution in [3.63, 3.8) is 0 Å². The Bertz CT molecular complexity index is 507. The van der Waals surface area contributed by atoms with Crippen molar-refractivity contribution in [1.82, 2.24) is 0 Å². The van der Waals surface area contributed by atoms with Crippen LogP contribution >= 0.6 is 39.1 Å². The minimum absolute atomic E-state index is 0.0953. The van der Waals surface area contributed by atoms with Crippen LogP contribution in [-0.2, 0) is 4.79 Å². The fourth-order valence-electron chi connectivity index (χ4n) is 1.48. The van der Waals surface area contributed by atoms with E-state index in [4.69, 9.17) is 28.3 Å². The van der Waals surface area contributed by atoms with Crippen molar-refractivity contribution in [1.29, 1.82) is 0 Å². The first-order chi connectivity index (χ1) is 7.99. The third-order valence-electron chi connectivity index (χ3n) is 2.26. The molecule has 7 heteroatoms. The van der Waals surface area contributed by atoms with Crippen LogP contribution in [0.5, 0.6) is 0 Å². The topological polar surface area (TPSA) is 52.9 Å². The molecule has 0 aliphatic carbocycles. The average molecular weight is 338 g/mol. The first kappa shape index (κ1) is 12.7. The van der Waals surface area contributed by atoms with Gasteiger partial charge >= 0.3 is 5.97 Å². The summed E-state index contributed by atoms with van der Waals surface area (Å²) in [4.78, 5) is 10.6. The molecule has 1 aromatic carbocycles. The molecule has 90 valence electrons. The van der Waals surface area contributed by atoms with Crippen LogP contribution in [0.3, 0.4) is 0 Å². The van der Waals surface area contributed by atoms with E-state index < -0.39 is 5.97 Å². The van der Waals surface area contributed by atoms with Gasteiger partial charge in [-0.05, 0) is 18.2 Å². The van der Waals surface area contributed by atoms with Gasteiger partial charge in [0.2, 0.25) is 0 Å². The summed E-state index contributed by atoms with van der Waals surface area (Å²) in [6, 6.07) is 4.97. The number of carboxylic acids is 1. The highest BCUT2D eigenvalue weighted by Gasteiger charge is 2.30. The maximum Gasteiger partial charge on any atom is 0.352 e. The van der Waals surface area contributed by atoms with Gasteiger partial charge in [-0.25, -0.2) is 9.80 Å². The first-order valence-corrected chi connectivity index (χ1v) is 6.35. The molecular formula is C10H7BrCl2N2O2. The summed E-state index contributed by atoms with van der Waals surface area (Å²) in [6.07, 6.45) is 0.314. The lowest BCUT2D eigenvalue weighted by atomic mass is 10.2. The van der Waals surface area contributed by atoms with Gasteiger partial charge in [-0.1, -0.05) is 39.1 Å². The number of hydrogen-bond acceptors (Lipinski definition) is 3. The van der Waals surface area contributed by atoms with E-state index >= 15 is 0 Å². The molecule has 0 saturated heterocycles. The van der Waals surface area contributed by atoms with E-state index in [1.54, 1.807) is 18.2 Å². The summed E-state index contributed by atoms with van der Waals surface area (Å²) in [7, 11) is 0. The Morgan fingerprint density at radius 2 is 2.24 bits per heavy atom. The summed E-state index contributed by atoms with van der Waals surface area (Å²) in [5.74, 6) is -1.03. The van der Waals surface area contributed by atoms with Crippen LogP contribution in [0.4, 0.5) is 5.69 Å². The minimum atomic E-state index is -1.03. The van der Waals surface area contributed by atoms with E-state index in [0.717, 1.165) is 0 Å². The van der Waals surface area contributed by atoms with Crippen molar-refractivity contribution in [2.24, 2.45) is 5.10 Å². The van der Waals surface area contributed by atoms with Crippen LogP contribution in [0.1, 0.15) is 6.42 Å². The standard InChI is InChI=1S/C10H7BrCl2N2O2/c11-9-4-7(10(16)17)14-15(9)8-2-1-5(12)3-6(8)13/h1-3,9H,4H2,(H,16,17). The predicted molar refractivity (Wildman–Crippen MR) is 71.3 cm³/mol.